The zero-order valence-electron chi connectivity index (χ0n) is 7.89. The van der Waals surface area contributed by atoms with Crippen LogP contribution in [0, 0.1) is 5.41 Å². The van der Waals surface area contributed by atoms with Gasteiger partial charge in [-0.15, -0.1) is 6.58 Å². The van der Waals surface area contributed by atoms with Crippen LogP contribution in [0.25, 0.3) is 0 Å². The van der Waals surface area contributed by atoms with E-state index in [1.165, 1.54) is 6.08 Å². The van der Waals surface area contributed by atoms with Crippen LogP contribution in [0.2, 0.25) is 0 Å². The van der Waals surface area contributed by atoms with E-state index in [1.54, 1.807) is 0 Å². The molecule has 68 valence electrons. The maximum atomic E-state index is 10.8. The van der Waals surface area contributed by atoms with Crippen molar-refractivity contribution < 1.29 is 4.79 Å². The average molecular weight is 167 g/mol. The number of carbonyl (C=O) groups excluding carboxylic acids is 1. The molecule has 1 N–H and O–H groups in total. The van der Waals surface area contributed by atoms with Crippen molar-refractivity contribution in [2.24, 2.45) is 5.41 Å². The maximum Gasteiger partial charge on any atom is 0.243 e. The normalized spacial score (nSPS) is 10.5. The van der Waals surface area contributed by atoms with Gasteiger partial charge in [-0.3, -0.25) is 4.79 Å². The second kappa shape index (κ2) is 4.75. The summed E-state index contributed by atoms with van der Waals surface area (Å²) in [5.41, 5.74) is 0.0837. The van der Waals surface area contributed by atoms with E-state index >= 15 is 0 Å². The van der Waals surface area contributed by atoms with E-state index in [9.17, 15) is 4.79 Å². The first-order chi connectivity index (χ1) is 5.52. The number of hydrogen-bond acceptors (Lipinski definition) is 1. The van der Waals surface area contributed by atoms with Crippen molar-refractivity contribution in [1.29, 1.82) is 0 Å². The molecule has 0 radical (unpaired) electrons. The minimum Gasteiger partial charge on any atom is -0.352 e. The average Bonchev–Trinajstić information content (AvgIpc) is 2.00. The number of nitrogens with one attached hydrogen (secondary N) is 1. The highest BCUT2D eigenvalue weighted by Gasteiger charge is 2.15. The number of amides is 1. The lowest BCUT2D eigenvalue weighted by Crippen LogP contribution is -2.32. The van der Waals surface area contributed by atoms with Gasteiger partial charge in [0.2, 0.25) is 5.91 Å². The van der Waals surface area contributed by atoms with Crippen molar-refractivity contribution in [3.8, 4) is 0 Å². The third-order valence-corrected chi connectivity index (χ3v) is 1.62. The number of rotatable bonds is 5. The van der Waals surface area contributed by atoms with E-state index in [0.29, 0.717) is 6.54 Å². The predicted octanol–water partition coefficient (Wildman–Crippen LogP) is 1.89. The van der Waals surface area contributed by atoms with Gasteiger partial charge in [-0.2, -0.15) is 0 Å². The van der Waals surface area contributed by atoms with Crippen LogP contribution in [0.4, 0.5) is 0 Å². The summed E-state index contributed by atoms with van der Waals surface area (Å²) in [5, 5.41) is 2.75. The van der Waals surface area contributed by atoms with Gasteiger partial charge in [0, 0.05) is 6.54 Å². The molecule has 2 heteroatoms. The van der Waals surface area contributed by atoms with Crippen LogP contribution in [0.1, 0.15) is 20.3 Å². The van der Waals surface area contributed by atoms with Gasteiger partial charge >= 0.3 is 0 Å². The summed E-state index contributed by atoms with van der Waals surface area (Å²) in [6.45, 7) is 11.9. The fraction of sp³-hybridized carbons (Fsp3) is 0.500. The minimum atomic E-state index is -0.118. The van der Waals surface area contributed by atoms with E-state index in [2.05, 4.69) is 32.3 Å². The Balaban J connectivity index is 3.81. The zero-order valence-corrected chi connectivity index (χ0v) is 7.89. The number of carbonyl (C=O) groups is 1. The van der Waals surface area contributed by atoms with Gasteiger partial charge in [-0.1, -0.05) is 26.5 Å². The zero-order chi connectivity index (χ0) is 9.61. The molecule has 0 aromatic carbocycles. The van der Waals surface area contributed by atoms with Gasteiger partial charge < -0.3 is 5.32 Å². The first kappa shape index (κ1) is 11.0. The van der Waals surface area contributed by atoms with E-state index in [4.69, 9.17) is 0 Å². The summed E-state index contributed by atoms with van der Waals surface area (Å²) >= 11 is 0. The molecular weight excluding hydrogens is 150 g/mol. The molecule has 0 aliphatic carbocycles. The summed E-state index contributed by atoms with van der Waals surface area (Å²) in [6, 6.07) is 0. The second-order valence-electron chi connectivity index (χ2n) is 3.58. The molecule has 0 aliphatic rings. The molecule has 2 nitrogen and oxygen atoms in total. The second-order valence-corrected chi connectivity index (χ2v) is 3.58. The summed E-state index contributed by atoms with van der Waals surface area (Å²) in [5.74, 6) is -0.118. The summed E-state index contributed by atoms with van der Waals surface area (Å²) in [7, 11) is 0. The van der Waals surface area contributed by atoms with Crippen LogP contribution >= 0.6 is 0 Å². The van der Waals surface area contributed by atoms with Gasteiger partial charge in [-0.05, 0) is 17.9 Å². The molecule has 12 heavy (non-hydrogen) atoms. The molecule has 0 fully saturated rings. The Bertz CT molecular complexity index is 182. The van der Waals surface area contributed by atoms with E-state index < -0.39 is 0 Å². The lowest BCUT2D eigenvalue weighted by atomic mass is 9.89. The van der Waals surface area contributed by atoms with Gasteiger partial charge in [0.1, 0.15) is 0 Å². The van der Waals surface area contributed by atoms with Crippen molar-refractivity contribution in [2.75, 3.05) is 6.54 Å². The van der Waals surface area contributed by atoms with Crippen molar-refractivity contribution in [3.63, 3.8) is 0 Å². The first-order valence-electron chi connectivity index (χ1n) is 4.03. The Kier molecular flexibility index (Phi) is 4.34. The Hall–Kier alpha value is -1.05. The highest BCUT2D eigenvalue weighted by Crippen LogP contribution is 2.18. The SMILES string of the molecule is C=CCC(C)(C)CNC(=O)C=C. The van der Waals surface area contributed by atoms with Gasteiger partial charge in [0.15, 0.2) is 0 Å². The molecule has 0 aromatic rings. The van der Waals surface area contributed by atoms with Gasteiger partial charge in [0.25, 0.3) is 0 Å². The van der Waals surface area contributed by atoms with Crippen LogP contribution in [0.3, 0.4) is 0 Å². The highest BCUT2D eigenvalue weighted by atomic mass is 16.1. The van der Waals surface area contributed by atoms with Crippen molar-refractivity contribution >= 4 is 5.91 Å². The molecular formula is C10H17NO. The minimum absolute atomic E-state index is 0.0837. The third-order valence-electron chi connectivity index (χ3n) is 1.62. The highest BCUT2D eigenvalue weighted by molar-refractivity contribution is 5.86. The lowest BCUT2D eigenvalue weighted by Gasteiger charge is -2.22. The predicted molar refractivity (Wildman–Crippen MR) is 51.8 cm³/mol. The topological polar surface area (TPSA) is 29.1 Å². The number of allylic oxidation sites excluding steroid dienone is 1. The molecule has 0 aliphatic heterocycles. The monoisotopic (exact) mass is 167 g/mol. The van der Waals surface area contributed by atoms with Crippen LogP contribution in [0.5, 0.6) is 0 Å². The Labute approximate surface area is 74.4 Å². The molecule has 0 atom stereocenters. The van der Waals surface area contributed by atoms with Crippen molar-refractivity contribution in [2.45, 2.75) is 20.3 Å². The van der Waals surface area contributed by atoms with E-state index in [1.807, 2.05) is 6.08 Å². The van der Waals surface area contributed by atoms with Crippen molar-refractivity contribution in [1.82, 2.24) is 5.32 Å². The quantitative estimate of drug-likeness (QED) is 0.491. The molecule has 0 spiro atoms. The number of hydrogen-bond donors (Lipinski definition) is 1. The van der Waals surface area contributed by atoms with Crippen LogP contribution in [-0.2, 0) is 4.79 Å². The Morgan fingerprint density at radius 3 is 2.50 bits per heavy atom. The van der Waals surface area contributed by atoms with Crippen LogP contribution in [-0.4, -0.2) is 12.5 Å². The molecule has 0 bridgehead atoms. The van der Waals surface area contributed by atoms with Gasteiger partial charge in [-0.25, -0.2) is 0 Å². The smallest absolute Gasteiger partial charge is 0.243 e. The standard InChI is InChI=1S/C10H17NO/c1-5-7-10(3,4)8-11-9(12)6-2/h5-6H,1-2,7-8H2,3-4H3,(H,11,12). The molecule has 0 unspecified atom stereocenters. The molecule has 0 saturated carbocycles. The first-order valence-corrected chi connectivity index (χ1v) is 4.03. The maximum absolute atomic E-state index is 10.8. The molecule has 0 aromatic heterocycles. The lowest BCUT2D eigenvalue weighted by molar-refractivity contribution is -0.116. The Morgan fingerprint density at radius 1 is 1.50 bits per heavy atom. The molecule has 0 heterocycles. The van der Waals surface area contributed by atoms with Crippen LogP contribution in [0.15, 0.2) is 25.3 Å². The van der Waals surface area contributed by atoms with E-state index in [0.717, 1.165) is 6.42 Å². The van der Waals surface area contributed by atoms with E-state index in [-0.39, 0.29) is 11.3 Å². The molecule has 1 amide bonds. The fourth-order valence-corrected chi connectivity index (χ4v) is 0.861. The van der Waals surface area contributed by atoms with Gasteiger partial charge in [0.05, 0.1) is 0 Å². The Morgan fingerprint density at radius 2 is 2.08 bits per heavy atom. The molecule has 0 rings (SSSR count). The molecule has 0 saturated heterocycles. The summed E-state index contributed by atoms with van der Waals surface area (Å²) in [6.07, 6.45) is 4.04. The van der Waals surface area contributed by atoms with Crippen molar-refractivity contribution in [3.05, 3.63) is 25.3 Å². The summed E-state index contributed by atoms with van der Waals surface area (Å²) in [4.78, 5) is 10.8. The summed E-state index contributed by atoms with van der Waals surface area (Å²) < 4.78 is 0. The van der Waals surface area contributed by atoms with Crippen LogP contribution < -0.4 is 5.32 Å². The third kappa shape index (κ3) is 4.72. The fourth-order valence-electron chi connectivity index (χ4n) is 0.861. The largest absolute Gasteiger partial charge is 0.352 e.